The van der Waals surface area contributed by atoms with Crippen LogP contribution in [-0.2, 0) is 16.0 Å². The first-order valence-electron chi connectivity index (χ1n) is 9.72. The third-order valence-electron chi connectivity index (χ3n) is 5.76. The third-order valence-corrected chi connectivity index (χ3v) is 5.76. The van der Waals surface area contributed by atoms with E-state index in [-0.39, 0.29) is 18.7 Å². The normalized spacial score (nSPS) is 25.1. The zero-order valence-corrected chi connectivity index (χ0v) is 16.1. The van der Waals surface area contributed by atoms with E-state index in [1.54, 1.807) is 19.9 Å². The molecule has 0 aromatic heterocycles. The highest BCUT2D eigenvalue weighted by molar-refractivity contribution is 6.09. The quantitative estimate of drug-likeness (QED) is 0.750. The molecule has 2 aliphatic heterocycles. The Labute approximate surface area is 163 Å². The highest BCUT2D eigenvalue weighted by Gasteiger charge is 2.50. The minimum absolute atomic E-state index is 0.135. The molecule has 0 bridgehead atoms. The lowest BCUT2D eigenvalue weighted by molar-refractivity contribution is -0.137. The van der Waals surface area contributed by atoms with Crippen LogP contribution in [0, 0.1) is 0 Å². The third kappa shape index (κ3) is 3.27. The zero-order valence-electron chi connectivity index (χ0n) is 16.1. The predicted molar refractivity (Wildman–Crippen MR) is 99.9 cm³/mol. The van der Waals surface area contributed by atoms with Crippen LogP contribution in [0.4, 0.5) is 4.79 Å². The van der Waals surface area contributed by atoms with Gasteiger partial charge in [-0.1, -0.05) is 18.9 Å². The molecule has 1 saturated heterocycles. The summed E-state index contributed by atoms with van der Waals surface area (Å²) < 4.78 is 10.7. The van der Waals surface area contributed by atoms with Gasteiger partial charge in [0.15, 0.2) is 11.5 Å². The number of imide groups is 1. The number of carbonyl (C=O) groups excluding carboxylic acids is 3. The topological polar surface area (TPSA) is 97.0 Å². The summed E-state index contributed by atoms with van der Waals surface area (Å²) in [6.07, 6.45) is 4.37. The smallest absolute Gasteiger partial charge is 0.325 e. The zero-order chi connectivity index (χ0) is 19.9. The summed E-state index contributed by atoms with van der Waals surface area (Å²) in [5.74, 6) is 0.598. The Bertz CT molecular complexity index is 820. The second kappa shape index (κ2) is 7.00. The van der Waals surface area contributed by atoms with Gasteiger partial charge in [0.05, 0.1) is 0 Å². The van der Waals surface area contributed by atoms with E-state index >= 15 is 0 Å². The van der Waals surface area contributed by atoms with E-state index in [0.29, 0.717) is 17.9 Å². The Kier molecular flexibility index (Phi) is 4.64. The Hall–Kier alpha value is -2.77. The van der Waals surface area contributed by atoms with Gasteiger partial charge in [-0.15, -0.1) is 0 Å². The van der Waals surface area contributed by atoms with Crippen molar-refractivity contribution >= 4 is 17.8 Å². The molecule has 2 N–H and O–H groups in total. The van der Waals surface area contributed by atoms with Gasteiger partial charge >= 0.3 is 6.03 Å². The van der Waals surface area contributed by atoms with Crippen LogP contribution >= 0.6 is 0 Å². The van der Waals surface area contributed by atoms with Gasteiger partial charge in [0, 0.05) is 12.5 Å². The molecule has 8 nitrogen and oxygen atoms in total. The van der Waals surface area contributed by atoms with Crippen molar-refractivity contribution in [3.63, 3.8) is 0 Å². The van der Waals surface area contributed by atoms with Crippen molar-refractivity contribution < 1.29 is 23.9 Å². The molecule has 4 amide bonds. The van der Waals surface area contributed by atoms with E-state index in [0.717, 1.165) is 36.1 Å². The van der Waals surface area contributed by atoms with Crippen molar-refractivity contribution in [2.75, 3.05) is 6.79 Å². The molecule has 1 saturated carbocycles. The van der Waals surface area contributed by atoms with Crippen molar-refractivity contribution in [3.8, 4) is 11.5 Å². The van der Waals surface area contributed by atoms with Crippen molar-refractivity contribution in [1.29, 1.82) is 0 Å². The van der Waals surface area contributed by atoms with Crippen LogP contribution in [0.1, 0.15) is 45.1 Å². The first-order chi connectivity index (χ1) is 13.4. The average Bonchev–Trinajstić information content (AvgIpc) is 3.36. The largest absolute Gasteiger partial charge is 0.454 e. The summed E-state index contributed by atoms with van der Waals surface area (Å²) in [5, 5.41) is 5.72. The fraction of sp³-hybridized carbons (Fsp3) is 0.550. The lowest BCUT2D eigenvalue weighted by Gasteiger charge is -2.25. The van der Waals surface area contributed by atoms with Gasteiger partial charge in [-0.25, -0.2) is 9.69 Å². The van der Waals surface area contributed by atoms with Crippen molar-refractivity contribution in [3.05, 3.63) is 23.8 Å². The molecule has 28 heavy (non-hydrogen) atoms. The average molecular weight is 387 g/mol. The van der Waals surface area contributed by atoms with Gasteiger partial charge in [-0.2, -0.15) is 0 Å². The van der Waals surface area contributed by atoms with Crippen LogP contribution in [0.5, 0.6) is 11.5 Å². The van der Waals surface area contributed by atoms with Crippen LogP contribution < -0.4 is 20.1 Å². The maximum atomic E-state index is 13.1. The SMILES string of the molecule is C[C@H](C(=O)NC1CCCC1)N1C(=O)N[C@](C)(Cc2ccc3c(c2)OCO3)C1=O. The summed E-state index contributed by atoms with van der Waals surface area (Å²) in [6.45, 7) is 3.45. The molecule has 1 aromatic rings. The van der Waals surface area contributed by atoms with E-state index in [1.165, 1.54) is 0 Å². The highest BCUT2D eigenvalue weighted by atomic mass is 16.7. The van der Waals surface area contributed by atoms with Crippen molar-refractivity contribution in [2.24, 2.45) is 0 Å². The Balaban J connectivity index is 1.47. The number of hydrogen-bond acceptors (Lipinski definition) is 5. The van der Waals surface area contributed by atoms with Gasteiger partial charge < -0.3 is 20.1 Å². The van der Waals surface area contributed by atoms with Gasteiger partial charge in [-0.05, 0) is 44.4 Å². The molecule has 150 valence electrons. The lowest BCUT2D eigenvalue weighted by atomic mass is 9.92. The summed E-state index contributed by atoms with van der Waals surface area (Å²) in [6, 6.07) is 4.19. The fourth-order valence-electron chi connectivity index (χ4n) is 4.15. The summed E-state index contributed by atoms with van der Waals surface area (Å²) in [7, 11) is 0. The molecule has 2 atom stereocenters. The van der Waals surface area contributed by atoms with Gasteiger partial charge in [0.25, 0.3) is 5.91 Å². The standard InChI is InChI=1S/C20H25N3O5/c1-12(17(24)21-14-5-3-4-6-14)23-18(25)20(2,22-19(23)26)10-13-7-8-15-16(9-13)28-11-27-15/h7-9,12,14H,3-6,10-11H2,1-2H3,(H,21,24)(H,22,26)/t12-,20-/m1/s1. The van der Waals surface area contributed by atoms with Crippen LogP contribution in [-0.4, -0.2) is 47.2 Å². The number of nitrogens with one attached hydrogen (secondary N) is 2. The molecule has 0 unspecified atom stereocenters. The monoisotopic (exact) mass is 387 g/mol. The van der Waals surface area contributed by atoms with E-state index in [1.807, 2.05) is 12.1 Å². The van der Waals surface area contributed by atoms with Gasteiger partial charge in [-0.3, -0.25) is 9.59 Å². The molecule has 4 rings (SSSR count). The molecule has 0 spiro atoms. The Morgan fingerprint density at radius 2 is 2.00 bits per heavy atom. The van der Waals surface area contributed by atoms with E-state index in [2.05, 4.69) is 10.6 Å². The number of ether oxygens (including phenoxy) is 2. The second-order valence-corrected chi connectivity index (χ2v) is 7.97. The number of urea groups is 1. The van der Waals surface area contributed by atoms with Gasteiger partial charge in [0.1, 0.15) is 11.6 Å². The van der Waals surface area contributed by atoms with Crippen molar-refractivity contribution in [2.45, 2.75) is 63.6 Å². The molecule has 1 aliphatic carbocycles. The molecule has 1 aromatic carbocycles. The summed E-state index contributed by atoms with van der Waals surface area (Å²) in [5.41, 5.74) is -0.280. The molecular formula is C20H25N3O5. The first-order valence-corrected chi connectivity index (χ1v) is 9.72. The van der Waals surface area contributed by atoms with E-state index in [4.69, 9.17) is 9.47 Å². The van der Waals surface area contributed by atoms with Gasteiger partial charge in [0.2, 0.25) is 12.7 Å². The number of amides is 4. The molecule has 8 heteroatoms. The summed E-state index contributed by atoms with van der Waals surface area (Å²) in [4.78, 5) is 39.2. The number of nitrogens with zero attached hydrogens (tertiary/aromatic N) is 1. The first kappa shape index (κ1) is 18.6. The molecular weight excluding hydrogens is 362 g/mol. The number of carbonyl (C=O) groups is 3. The number of rotatable bonds is 5. The molecule has 2 fully saturated rings. The molecule has 0 radical (unpaired) electrons. The Morgan fingerprint density at radius 3 is 2.75 bits per heavy atom. The minimum Gasteiger partial charge on any atom is -0.454 e. The summed E-state index contributed by atoms with van der Waals surface area (Å²) >= 11 is 0. The number of fused-ring (bicyclic) bond motifs is 1. The fourth-order valence-corrected chi connectivity index (χ4v) is 4.15. The number of benzene rings is 1. The Morgan fingerprint density at radius 1 is 1.29 bits per heavy atom. The number of hydrogen-bond donors (Lipinski definition) is 2. The van der Waals surface area contributed by atoms with E-state index in [9.17, 15) is 14.4 Å². The maximum absolute atomic E-state index is 13.1. The molecule has 2 heterocycles. The predicted octanol–water partition coefficient (Wildman–Crippen LogP) is 1.72. The molecule has 3 aliphatic rings. The van der Waals surface area contributed by atoms with Crippen molar-refractivity contribution in [1.82, 2.24) is 15.5 Å². The highest BCUT2D eigenvalue weighted by Crippen LogP contribution is 2.34. The van der Waals surface area contributed by atoms with Crippen LogP contribution in [0.25, 0.3) is 0 Å². The lowest BCUT2D eigenvalue weighted by Crippen LogP contribution is -2.51. The minimum atomic E-state index is -1.12. The van der Waals surface area contributed by atoms with Crippen LogP contribution in [0.15, 0.2) is 18.2 Å². The van der Waals surface area contributed by atoms with E-state index < -0.39 is 23.5 Å². The van der Waals surface area contributed by atoms with Crippen LogP contribution in [0.3, 0.4) is 0 Å². The van der Waals surface area contributed by atoms with Crippen LogP contribution in [0.2, 0.25) is 0 Å². The second-order valence-electron chi connectivity index (χ2n) is 7.97. The maximum Gasteiger partial charge on any atom is 0.325 e.